The standard InChI is InChI=1S/C70H136O17P2/c1-6-9-12-15-18-20-21-22-23-24-25-26-27-28-29-32-36-41-46-51-56-70(75)87-66(60-81-68(73)54-49-44-40-35-33-30-31-34-38-42-47-52-63(4)5)62-85-89(78,79)83-58-64(71)57-82-88(76,77)84-61-65(59-80-67(72)53-48-43-37-17-14-11-8-3)86-69(74)55-50-45-39-19-16-13-10-7-2/h63-66,71H,6-62H2,1-5H3,(H,76,77)(H,78,79)/t64-,65+,66+/m0/s1. The van der Waals surface area contributed by atoms with Crippen molar-refractivity contribution in [2.24, 2.45) is 5.92 Å². The van der Waals surface area contributed by atoms with Gasteiger partial charge in [-0.25, -0.2) is 9.13 Å². The lowest BCUT2D eigenvalue weighted by molar-refractivity contribution is -0.161. The summed E-state index contributed by atoms with van der Waals surface area (Å²) in [5, 5.41) is 10.6. The van der Waals surface area contributed by atoms with E-state index in [0.717, 1.165) is 115 Å². The van der Waals surface area contributed by atoms with Gasteiger partial charge < -0.3 is 33.8 Å². The van der Waals surface area contributed by atoms with Gasteiger partial charge in [0.2, 0.25) is 0 Å². The quantitative estimate of drug-likeness (QED) is 0.0222. The Kier molecular flexibility index (Phi) is 62.1. The predicted octanol–water partition coefficient (Wildman–Crippen LogP) is 20.1. The summed E-state index contributed by atoms with van der Waals surface area (Å²) >= 11 is 0. The predicted molar refractivity (Wildman–Crippen MR) is 358 cm³/mol. The summed E-state index contributed by atoms with van der Waals surface area (Å²) in [6, 6.07) is 0. The maximum Gasteiger partial charge on any atom is 0.472 e. The van der Waals surface area contributed by atoms with E-state index in [2.05, 4.69) is 34.6 Å². The summed E-state index contributed by atoms with van der Waals surface area (Å²) in [5.41, 5.74) is 0. The average molecular weight is 1310 g/mol. The van der Waals surface area contributed by atoms with Gasteiger partial charge in [-0.3, -0.25) is 37.3 Å². The van der Waals surface area contributed by atoms with E-state index in [0.29, 0.717) is 25.7 Å². The van der Waals surface area contributed by atoms with Crippen LogP contribution in [-0.2, 0) is 65.4 Å². The van der Waals surface area contributed by atoms with E-state index in [9.17, 15) is 43.2 Å². The number of carbonyl (C=O) groups is 4. The third-order valence-corrected chi connectivity index (χ3v) is 18.2. The minimum absolute atomic E-state index is 0.105. The number of hydrogen-bond acceptors (Lipinski definition) is 15. The van der Waals surface area contributed by atoms with Crippen LogP contribution >= 0.6 is 15.6 Å². The van der Waals surface area contributed by atoms with Crippen LogP contribution in [0.1, 0.15) is 362 Å². The van der Waals surface area contributed by atoms with Crippen molar-refractivity contribution in [2.45, 2.75) is 380 Å². The molecule has 3 N–H and O–H groups in total. The lowest BCUT2D eigenvalue weighted by atomic mass is 10.0. The van der Waals surface area contributed by atoms with Crippen molar-refractivity contribution in [1.82, 2.24) is 0 Å². The first-order valence-corrected chi connectivity index (χ1v) is 39.6. The molecular weight excluding hydrogens is 1170 g/mol. The molecule has 0 aliphatic carbocycles. The molecule has 0 spiro atoms. The summed E-state index contributed by atoms with van der Waals surface area (Å²) in [4.78, 5) is 72.3. The fourth-order valence-corrected chi connectivity index (χ4v) is 12.2. The molecule has 17 nitrogen and oxygen atoms in total. The third-order valence-electron chi connectivity index (χ3n) is 16.3. The van der Waals surface area contributed by atoms with Crippen molar-refractivity contribution in [3.05, 3.63) is 0 Å². The number of phosphoric acid groups is 2. The molecule has 89 heavy (non-hydrogen) atoms. The first-order valence-electron chi connectivity index (χ1n) is 36.6. The molecule has 528 valence electrons. The number of carbonyl (C=O) groups excluding carboxylic acids is 4. The zero-order valence-electron chi connectivity index (χ0n) is 57.6. The second-order valence-electron chi connectivity index (χ2n) is 25.7. The fourth-order valence-electron chi connectivity index (χ4n) is 10.6. The molecule has 0 saturated carbocycles. The molecular formula is C70H136O17P2. The van der Waals surface area contributed by atoms with Gasteiger partial charge in [0.25, 0.3) is 0 Å². The molecule has 0 aromatic heterocycles. The molecule has 5 atom stereocenters. The molecule has 0 aromatic rings. The van der Waals surface area contributed by atoms with Crippen molar-refractivity contribution in [3.8, 4) is 0 Å². The molecule has 0 radical (unpaired) electrons. The van der Waals surface area contributed by atoms with Crippen LogP contribution < -0.4 is 0 Å². The largest absolute Gasteiger partial charge is 0.472 e. The van der Waals surface area contributed by atoms with E-state index in [1.165, 1.54) is 167 Å². The van der Waals surface area contributed by atoms with Crippen LogP contribution in [0.2, 0.25) is 0 Å². The molecule has 0 heterocycles. The molecule has 0 bridgehead atoms. The van der Waals surface area contributed by atoms with Gasteiger partial charge in [-0.1, -0.05) is 311 Å². The Morgan fingerprint density at radius 3 is 0.764 bits per heavy atom. The molecule has 0 amide bonds. The van der Waals surface area contributed by atoms with E-state index in [1.807, 2.05) is 0 Å². The summed E-state index contributed by atoms with van der Waals surface area (Å²) < 4.78 is 68.1. The summed E-state index contributed by atoms with van der Waals surface area (Å²) in [7, 11) is -9.89. The Morgan fingerprint density at radius 2 is 0.517 bits per heavy atom. The molecule has 0 aliphatic rings. The first kappa shape index (κ1) is 87.1. The van der Waals surface area contributed by atoms with Crippen LogP contribution in [0.4, 0.5) is 0 Å². The van der Waals surface area contributed by atoms with E-state index in [-0.39, 0.29) is 25.7 Å². The van der Waals surface area contributed by atoms with Crippen LogP contribution in [0.3, 0.4) is 0 Å². The van der Waals surface area contributed by atoms with Gasteiger partial charge in [0.15, 0.2) is 12.2 Å². The third kappa shape index (κ3) is 64.6. The molecule has 2 unspecified atom stereocenters. The van der Waals surface area contributed by atoms with E-state index < -0.39 is 97.5 Å². The second kappa shape index (κ2) is 63.5. The van der Waals surface area contributed by atoms with Crippen LogP contribution in [0.25, 0.3) is 0 Å². The van der Waals surface area contributed by atoms with Crippen LogP contribution in [0, 0.1) is 5.92 Å². The SMILES string of the molecule is CCCCCCCCCCCCCCCCCCCCCCC(=O)O[C@H](COC(=O)CCCCCCCCCCCCCC(C)C)COP(=O)(O)OC[C@@H](O)COP(=O)(O)OC[C@@H](COC(=O)CCCCCCCCC)OC(=O)CCCCCCCCCC. The number of phosphoric ester groups is 2. The first-order chi connectivity index (χ1) is 43.0. The van der Waals surface area contributed by atoms with E-state index in [4.69, 9.17) is 37.0 Å². The van der Waals surface area contributed by atoms with Gasteiger partial charge in [-0.2, -0.15) is 0 Å². The number of ether oxygens (including phenoxy) is 4. The number of aliphatic hydroxyl groups excluding tert-OH is 1. The van der Waals surface area contributed by atoms with Crippen LogP contribution in [0.5, 0.6) is 0 Å². The summed E-state index contributed by atoms with van der Waals surface area (Å²) in [5.74, 6) is -1.36. The molecule has 0 saturated heterocycles. The highest BCUT2D eigenvalue weighted by Crippen LogP contribution is 2.45. The van der Waals surface area contributed by atoms with Gasteiger partial charge in [0.1, 0.15) is 19.3 Å². The Balaban J connectivity index is 5.14. The zero-order valence-corrected chi connectivity index (χ0v) is 59.4. The lowest BCUT2D eigenvalue weighted by Gasteiger charge is -2.21. The normalized spacial score (nSPS) is 14.1. The average Bonchev–Trinajstić information content (AvgIpc) is 3.69. The van der Waals surface area contributed by atoms with Crippen LogP contribution in [0.15, 0.2) is 0 Å². The Bertz CT molecular complexity index is 1720. The molecule has 0 aromatic carbocycles. The lowest BCUT2D eigenvalue weighted by Crippen LogP contribution is -2.30. The van der Waals surface area contributed by atoms with Crippen LogP contribution in [-0.4, -0.2) is 96.7 Å². The summed E-state index contributed by atoms with van der Waals surface area (Å²) in [6.07, 6.45) is 50.3. The number of esters is 4. The van der Waals surface area contributed by atoms with Gasteiger partial charge >= 0.3 is 39.5 Å². The van der Waals surface area contributed by atoms with Gasteiger partial charge in [-0.05, 0) is 31.6 Å². The maximum atomic E-state index is 13.0. The monoisotopic (exact) mass is 1310 g/mol. The minimum Gasteiger partial charge on any atom is -0.462 e. The number of rotatable bonds is 70. The highest BCUT2D eigenvalue weighted by atomic mass is 31.2. The van der Waals surface area contributed by atoms with Crippen molar-refractivity contribution in [2.75, 3.05) is 39.6 Å². The smallest absolute Gasteiger partial charge is 0.462 e. The van der Waals surface area contributed by atoms with Crippen molar-refractivity contribution in [1.29, 1.82) is 0 Å². The number of hydrogen-bond donors (Lipinski definition) is 3. The second-order valence-corrected chi connectivity index (χ2v) is 28.7. The number of unbranched alkanes of at least 4 members (excludes halogenated alkanes) is 42. The fraction of sp³-hybridized carbons (Fsp3) is 0.943. The zero-order chi connectivity index (χ0) is 65.6. The molecule has 0 rings (SSSR count). The Labute approximate surface area is 543 Å². The molecule has 0 fully saturated rings. The highest BCUT2D eigenvalue weighted by Gasteiger charge is 2.30. The maximum absolute atomic E-state index is 13.0. The van der Waals surface area contributed by atoms with E-state index >= 15 is 0 Å². The molecule has 0 aliphatic heterocycles. The van der Waals surface area contributed by atoms with E-state index in [1.54, 1.807) is 0 Å². The topological polar surface area (TPSA) is 237 Å². The summed E-state index contributed by atoms with van der Waals surface area (Å²) in [6.45, 7) is 7.18. The molecule has 19 heteroatoms. The minimum atomic E-state index is -4.95. The Morgan fingerprint density at radius 1 is 0.303 bits per heavy atom. The van der Waals surface area contributed by atoms with Gasteiger partial charge in [-0.15, -0.1) is 0 Å². The Hall–Kier alpha value is -1.94. The van der Waals surface area contributed by atoms with Gasteiger partial charge in [0.05, 0.1) is 26.4 Å². The van der Waals surface area contributed by atoms with Gasteiger partial charge in [0, 0.05) is 25.7 Å². The van der Waals surface area contributed by atoms with Crippen molar-refractivity contribution < 1.29 is 80.2 Å². The van der Waals surface area contributed by atoms with Crippen molar-refractivity contribution in [3.63, 3.8) is 0 Å². The van der Waals surface area contributed by atoms with Crippen molar-refractivity contribution >= 4 is 39.5 Å². The number of aliphatic hydroxyl groups is 1. The highest BCUT2D eigenvalue weighted by molar-refractivity contribution is 7.47.